The van der Waals surface area contributed by atoms with Crippen LogP contribution in [0.3, 0.4) is 0 Å². The number of aldehydes is 1. The Hall–Kier alpha value is -1.19. The van der Waals surface area contributed by atoms with Gasteiger partial charge in [-0.2, -0.15) is 5.06 Å². The number of hydrogen-bond acceptors (Lipinski definition) is 3. The Bertz CT molecular complexity index is 456. The predicted octanol–water partition coefficient (Wildman–Crippen LogP) is 3.59. The quantitative estimate of drug-likeness (QED) is 0.793. The zero-order chi connectivity index (χ0) is 14.7. The van der Waals surface area contributed by atoms with Crippen LogP contribution in [-0.2, 0) is 16.2 Å². The lowest BCUT2D eigenvalue weighted by Gasteiger charge is -2.34. The highest BCUT2D eigenvalue weighted by Crippen LogP contribution is 2.38. The molecule has 0 amide bonds. The molecular weight excluding hydrogens is 262 g/mol. The van der Waals surface area contributed by atoms with Gasteiger partial charge in [-0.1, -0.05) is 49.6 Å². The van der Waals surface area contributed by atoms with E-state index < -0.39 is 0 Å². The van der Waals surface area contributed by atoms with E-state index in [1.54, 1.807) is 0 Å². The molecule has 1 aromatic rings. The summed E-state index contributed by atoms with van der Waals surface area (Å²) < 4.78 is 0. The van der Waals surface area contributed by atoms with E-state index in [9.17, 15) is 4.79 Å². The number of rotatable bonds is 4. The average molecular weight is 287 g/mol. The smallest absolute Gasteiger partial charge is 0.127 e. The van der Waals surface area contributed by atoms with Gasteiger partial charge in [0.2, 0.25) is 0 Å². The van der Waals surface area contributed by atoms with Crippen LogP contribution >= 0.6 is 0 Å². The Labute approximate surface area is 127 Å². The van der Waals surface area contributed by atoms with Gasteiger partial charge in [0.05, 0.1) is 18.1 Å². The lowest BCUT2D eigenvalue weighted by atomic mass is 9.78. The van der Waals surface area contributed by atoms with E-state index in [2.05, 4.69) is 29.3 Å². The second-order valence-electron chi connectivity index (χ2n) is 6.47. The molecule has 1 unspecified atom stereocenters. The molecule has 1 saturated carbocycles. The van der Waals surface area contributed by atoms with Gasteiger partial charge in [0.15, 0.2) is 0 Å². The first-order valence-electron chi connectivity index (χ1n) is 8.22. The Morgan fingerprint density at radius 3 is 2.57 bits per heavy atom. The van der Waals surface area contributed by atoms with Gasteiger partial charge in [0, 0.05) is 6.54 Å². The fourth-order valence-electron chi connectivity index (χ4n) is 3.95. The van der Waals surface area contributed by atoms with Gasteiger partial charge in [-0.3, -0.25) is 4.84 Å². The third-order valence-electron chi connectivity index (χ3n) is 5.04. The van der Waals surface area contributed by atoms with Gasteiger partial charge in [-0.25, -0.2) is 0 Å². The SMILES string of the molecule is C[C@H]1ON(Cc2ccccc2)C(C2CCCCC2)[C@@H]1C=O. The molecule has 0 aromatic heterocycles. The maximum Gasteiger partial charge on any atom is 0.127 e. The van der Waals surface area contributed by atoms with Crippen LogP contribution in [0.4, 0.5) is 0 Å². The van der Waals surface area contributed by atoms with Gasteiger partial charge in [-0.05, 0) is 31.2 Å². The van der Waals surface area contributed by atoms with Crippen molar-refractivity contribution in [2.45, 2.75) is 57.7 Å². The summed E-state index contributed by atoms with van der Waals surface area (Å²) in [5, 5.41) is 2.09. The molecule has 1 aliphatic carbocycles. The van der Waals surface area contributed by atoms with Crippen molar-refractivity contribution in [1.82, 2.24) is 5.06 Å². The molecular formula is C18H25NO2. The molecule has 3 heteroatoms. The number of hydrogen-bond donors (Lipinski definition) is 0. The summed E-state index contributed by atoms with van der Waals surface area (Å²) in [6, 6.07) is 10.6. The van der Waals surface area contributed by atoms with Gasteiger partial charge < -0.3 is 4.79 Å². The van der Waals surface area contributed by atoms with Crippen molar-refractivity contribution in [3.8, 4) is 0 Å². The highest BCUT2D eigenvalue weighted by molar-refractivity contribution is 5.56. The fourth-order valence-corrected chi connectivity index (χ4v) is 3.95. The number of carbonyl (C=O) groups excluding carboxylic acids is 1. The Balaban J connectivity index is 1.78. The number of carbonyl (C=O) groups is 1. The van der Waals surface area contributed by atoms with E-state index in [0.717, 1.165) is 12.8 Å². The van der Waals surface area contributed by atoms with E-state index in [4.69, 9.17) is 4.84 Å². The van der Waals surface area contributed by atoms with Gasteiger partial charge in [0.1, 0.15) is 6.29 Å². The molecule has 0 spiro atoms. The van der Waals surface area contributed by atoms with E-state index in [0.29, 0.717) is 5.92 Å². The molecule has 1 aromatic carbocycles. The number of nitrogens with zero attached hydrogens (tertiary/aromatic N) is 1. The molecule has 2 aliphatic rings. The molecule has 3 rings (SSSR count). The van der Waals surface area contributed by atoms with Crippen molar-refractivity contribution in [2.24, 2.45) is 11.8 Å². The standard InChI is InChI=1S/C18H25NO2/c1-14-17(13-20)18(16-10-6-3-7-11-16)19(21-14)12-15-8-4-2-5-9-15/h2,4-5,8-9,13-14,16-18H,3,6-7,10-12H2,1H3/t14-,17-,18?/m1/s1. The Morgan fingerprint density at radius 1 is 1.19 bits per heavy atom. The minimum atomic E-state index is -0.00172. The highest BCUT2D eigenvalue weighted by atomic mass is 16.7. The zero-order valence-electron chi connectivity index (χ0n) is 12.8. The van der Waals surface area contributed by atoms with E-state index in [1.807, 2.05) is 13.0 Å². The summed E-state index contributed by atoms with van der Waals surface area (Å²) >= 11 is 0. The average Bonchev–Trinajstić information content (AvgIpc) is 2.84. The van der Waals surface area contributed by atoms with Crippen LogP contribution in [0.1, 0.15) is 44.6 Å². The maximum atomic E-state index is 11.6. The third kappa shape index (κ3) is 3.19. The van der Waals surface area contributed by atoms with Gasteiger partial charge in [-0.15, -0.1) is 0 Å². The second kappa shape index (κ2) is 6.71. The molecule has 114 valence electrons. The molecule has 3 nitrogen and oxygen atoms in total. The molecule has 1 aliphatic heterocycles. The Kier molecular flexibility index (Phi) is 4.71. The molecule has 0 N–H and O–H groups in total. The molecule has 0 bridgehead atoms. The summed E-state index contributed by atoms with van der Waals surface area (Å²) in [7, 11) is 0. The molecule has 3 atom stereocenters. The molecule has 0 radical (unpaired) electrons. The lowest BCUT2D eigenvalue weighted by Crippen LogP contribution is -2.40. The molecule has 1 heterocycles. The summed E-state index contributed by atoms with van der Waals surface area (Å²) in [5.74, 6) is 0.611. The molecule has 1 saturated heterocycles. The summed E-state index contributed by atoms with van der Waals surface area (Å²) in [6.45, 7) is 2.80. The minimum absolute atomic E-state index is 0.00172. The summed E-state index contributed by atoms with van der Waals surface area (Å²) in [6.07, 6.45) is 7.50. The van der Waals surface area contributed by atoms with Crippen LogP contribution in [0, 0.1) is 11.8 Å². The van der Waals surface area contributed by atoms with Gasteiger partial charge >= 0.3 is 0 Å². The number of hydroxylamine groups is 2. The van der Waals surface area contributed by atoms with Crippen LogP contribution in [0.25, 0.3) is 0 Å². The largest absolute Gasteiger partial charge is 0.303 e. The first-order valence-corrected chi connectivity index (χ1v) is 8.22. The van der Waals surface area contributed by atoms with Crippen LogP contribution < -0.4 is 0 Å². The van der Waals surface area contributed by atoms with E-state index in [-0.39, 0.29) is 18.1 Å². The van der Waals surface area contributed by atoms with Crippen molar-refractivity contribution in [1.29, 1.82) is 0 Å². The maximum absolute atomic E-state index is 11.6. The number of benzene rings is 1. The van der Waals surface area contributed by atoms with Crippen molar-refractivity contribution in [2.75, 3.05) is 0 Å². The van der Waals surface area contributed by atoms with E-state index >= 15 is 0 Å². The monoisotopic (exact) mass is 287 g/mol. The fraction of sp³-hybridized carbons (Fsp3) is 0.611. The summed E-state index contributed by atoms with van der Waals surface area (Å²) in [4.78, 5) is 17.6. The molecule has 21 heavy (non-hydrogen) atoms. The summed E-state index contributed by atoms with van der Waals surface area (Å²) in [5.41, 5.74) is 1.25. The topological polar surface area (TPSA) is 29.5 Å². The normalized spacial score (nSPS) is 31.4. The second-order valence-corrected chi connectivity index (χ2v) is 6.47. The zero-order valence-corrected chi connectivity index (χ0v) is 12.8. The minimum Gasteiger partial charge on any atom is -0.303 e. The van der Waals surface area contributed by atoms with Crippen LogP contribution in [0.5, 0.6) is 0 Å². The van der Waals surface area contributed by atoms with E-state index in [1.165, 1.54) is 37.7 Å². The van der Waals surface area contributed by atoms with Crippen molar-refractivity contribution in [3.05, 3.63) is 35.9 Å². The first-order chi connectivity index (χ1) is 10.3. The van der Waals surface area contributed by atoms with Crippen LogP contribution in [0.2, 0.25) is 0 Å². The van der Waals surface area contributed by atoms with Crippen molar-refractivity contribution >= 4 is 6.29 Å². The van der Waals surface area contributed by atoms with Crippen molar-refractivity contribution in [3.63, 3.8) is 0 Å². The van der Waals surface area contributed by atoms with Crippen LogP contribution in [-0.4, -0.2) is 23.5 Å². The Morgan fingerprint density at radius 2 is 1.90 bits per heavy atom. The lowest BCUT2D eigenvalue weighted by molar-refractivity contribution is -0.174. The predicted molar refractivity (Wildman–Crippen MR) is 82.4 cm³/mol. The van der Waals surface area contributed by atoms with Crippen LogP contribution in [0.15, 0.2) is 30.3 Å². The van der Waals surface area contributed by atoms with Gasteiger partial charge in [0.25, 0.3) is 0 Å². The third-order valence-corrected chi connectivity index (χ3v) is 5.04. The van der Waals surface area contributed by atoms with Crippen molar-refractivity contribution < 1.29 is 9.63 Å². The first kappa shape index (κ1) is 14.7. The highest BCUT2D eigenvalue weighted by Gasteiger charge is 2.45. The molecule has 2 fully saturated rings.